The Kier molecular flexibility index (Phi) is 31.7. The van der Waals surface area contributed by atoms with Gasteiger partial charge in [-0.05, 0) is 38.5 Å². The van der Waals surface area contributed by atoms with Crippen molar-refractivity contribution in [1.82, 2.24) is 0 Å². The molecule has 0 aromatic heterocycles. The monoisotopic (exact) mass is 819 g/mol. The molecule has 1 aliphatic heterocycles. The molecule has 0 amide bonds. The summed E-state index contributed by atoms with van der Waals surface area (Å²) >= 11 is 0. The van der Waals surface area contributed by atoms with Crippen molar-refractivity contribution in [2.75, 3.05) is 19.0 Å². The zero-order chi connectivity index (χ0) is 41.3. The van der Waals surface area contributed by atoms with Gasteiger partial charge in [0.2, 0.25) is 0 Å². The van der Waals surface area contributed by atoms with E-state index in [0.717, 1.165) is 57.8 Å². The maximum atomic E-state index is 12.8. The molecule has 56 heavy (non-hydrogen) atoms. The Labute approximate surface area is 338 Å². The van der Waals surface area contributed by atoms with Crippen LogP contribution in [0.15, 0.2) is 24.3 Å². The first-order valence-corrected chi connectivity index (χ1v) is 23.5. The second kappa shape index (κ2) is 34.0. The van der Waals surface area contributed by atoms with Gasteiger partial charge in [-0.2, -0.15) is 8.42 Å². The van der Waals surface area contributed by atoms with Crippen molar-refractivity contribution in [3.63, 3.8) is 0 Å². The lowest BCUT2D eigenvalue weighted by Gasteiger charge is -2.40. The minimum absolute atomic E-state index is 0.164. The van der Waals surface area contributed by atoms with Crippen LogP contribution in [0.2, 0.25) is 0 Å². The number of ether oxygens (including phenoxy) is 4. The van der Waals surface area contributed by atoms with Crippen molar-refractivity contribution in [3.8, 4) is 0 Å². The van der Waals surface area contributed by atoms with E-state index < -0.39 is 71.2 Å². The van der Waals surface area contributed by atoms with Crippen molar-refractivity contribution in [3.05, 3.63) is 24.3 Å². The van der Waals surface area contributed by atoms with Crippen LogP contribution in [0.25, 0.3) is 0 Å². The Morgan fingerprint density at radius 3 is 1.55 bits per heavy atom. The highest BCUT2D eigenvalue weighted by Crippen LogP contribution is 2.24. The summed E-state index contributed by atoms with van der Waals surface area (Å²) in [5.41, 5.74) is 0. The van der Waals surface area contributed by atoms with Gasteiger partial charge in [0.25, 0.3) is 10.1 Å². The predicted molar refractivity (Wildman–Crippen MR) is 220 cm³/mol. The zero-order valence-electron chi connectivity index (χ0n) is 34.7. The number of carbonyl (C=O) groups is 2. The summed E-state index contributed by atoms with van der Waals surface area (Å²) in [6.07, 6.45) is 26.5. The van der Waals surface area contributed by atoms with Crippen LogP contribution in [0.5, 0.6) is 0 Å². The van der Waals surface area contributed by atoms with E-state index in [4.69, 9.17) is 18.9 Å². The van der Waals surface area contributed by atoms with Crippen LogP contribution < -0.4 is 0 Å². The molecule has 1 aliphatic rings. The molecule has 0 saturated carbocycles. The highest BCUT2D eigenvalue weighted by molar-refractivity contribution is 7.85. The number of carbonyl (C=O) groups excluding carboxylic acids is 2. The van der Waals surface area contributed by atoms with Gasteiger partial charge in [0.05, 0.1) is 6.61 Å². The Morgan fingerprint density at radius 2 is 1.05 bits per heavy atom. The fourth-order valence-corrected chi connectivity index (χ4v) is 7.30. The Balaban J connectivity index is 2.47. The standard InChI is InChI=1S/C43H78O12S/c1-3-5-7-9-11-13-15-17-18-20-21-23-25-27-29-31-38(44)52-33-36(34-53-43-42(48)41(47)40(46)37(55-43)35-56(49,50)51)54-39(45)32-30-28-26-24-22-19-16-14-12-10-8-6-4-2/h13,15,17-18,36-37,40-43,46-48H,3-12,14,16,19-35H2,1-2H3,(H,49,50,51)/b15-13+,18-17+/t36-,37-,40-,41?,42?,43+/m1/s1. The number of aliphatic hydroxyl groups is 3. The summed E-state index contributed by atoms with van der Waals surface area (Å²) in [5, 5.41) is 30.8. The third-order valence-electron chi connectivity index (χ3n) is 10.1. The number of unbranched alkanes of at least 4 members (excludes halogenated alkanes) is 21. The molecule has 4 N–H and O–H groups in total. The molecule has 6 atom stereocenters. The lowest BCUT2D eigenvalue weighted by Crippen LogP contribution is -2.60. The van der Waals surface area contributed by atoms with Gasteiger partial charge in [0, 0.05) is 12.8 Å². The number of rotatable bonds is 36. The van der Waals surface area contributed by atoms with Gasteiger partial charge in [-0.25, -0.2) is 0 Å². The molecule has 328 valence electrons. The lowest BCUT2D eigenvalue weighted by molar-refractivity contribution is -0.297. The molecular formula is C43H78O12S. The maximum Gasteiger partial charge on any atom is 0.306 e. The van der Waals surface area contributed by atoms with Crippen molar-refractivity contribution in [1.29, 1.82) is 0 Å². The lowest BCUT2D eigenvalue weighted by atomic mass is 10.00. The minimum Gasteiger partial charge on any atom is -0.462 e. The third-order valence-corrected chi connectivity index (χ3v) is 10.8. The molecule has 0 spiro atoms. The molecule has 13 heteroatoms. The van der Waals surface area contributed by atoms with Gasteiger partial charge in [0.15, 0.2) is 12.4 Å². The summed E-state index contributed by atoms with van der Waals surface area (Å²) in [5.74, 6) is -2.00. The van der Waals surface area contributed by atoms with Gasteiger partial charge < -0.3 is 34.3 Å². The number of aliphatic hydroxyl groups excluding tert-OH is 3. The average Bonchev–Trinajstić information content (AvgIpc) is 3.16. The van der Waals surface area contributed by atoms with E-state index in [-0.39, 0.29) is 19.4 Å². The highest BCUT2D eigenvalue weighted by Gasteiger charge is 2.46. The summed E-state index contributed by atoms with van der Waals surface area (Å²) in [6, 6.07) is 0. The van der Waals surface area contributed by atoms with Gasteiger partial charge in [-0.3, -0.25) is 14.1 Å². The molecule has 1 fully saturated rings. The molecule has 1 heterocycles. The molecule has 2 unspecified atom stereocenters. The smallest absolute Gasteiger partial charge is 0.306 e. The first kappa shape index (κ1) is 52.1. The zero-order valence-corrected chi connectivity index (χ0v) is 35.6. The molecule has 0 aromatic rings. The summed E-state index contributed by atoms with van der Waals surface area (Å²) < 4.78 is 54.0. The van der Waals surface area contributed by atoms with Crippen molar-refractivity contribution < 1.29 is 56.8 Å². The third kappa shape index (κ3) is 28.5. The fraction of sp³-hybridized carbons (Fsp3) is 0.860. The SMILES string of the molecule is CCCCCC/C=C/C=C/CCCCCCCC(=O)OC[C@H](CO[C@H]1O[C@H](CS(=O)(=O)O)[C@@H](O)C(O)C1O)OC(=O)CCCCCCCCCCCCCCC. The Morgan fingerprint density at radius 1 is 0.607 bits per heavy atom. The van der Waals surface area contributed by atoms with Crippen molar-refractivity contribution >= 4 is 22.1 Å². The summed E-state index contributed by atoms with van der Waals surface area (Å²) in [4.78, 5) is 25.3. The van der Waals surface area contributed by atoms with E-state index in [1.54, 1.807) is 0 Å². The molecule has 0 aromatic carbocycles. The minimum atomic E-state index is -4.60. The van der Waals surface area contributed by atoms with Gasteiger partial charge in [-0.15, -0.1) is 0 Å². The molecule has 0 aliphatic carbocycles. The normalized spacial score (nSPS) is 20.9. The van der Waals surface area contributed by atoms with Crippen LogP contribution in [0.1, 0.15) is 181 Å². The van der Waals surface area contributed by atoms with E-state index in [1.807, 2.05) is 0 Å². The molecule has 1 saturated heterocycles. The second-order valence-electron chi connectivity index (χ2n) is 15.4. The highest BCUT2D eigenvalue weighted by atomic mass is 32.2. The number of esters is 2. The topological polar surface area (TPSA) is 186 Å². The van der Waals surface area contributed by atoms with E-state index in [1.165, 1.54) is 83.5 Å². The predicted octanol–water partition coefficient (Wildman–Crippen LogP) is 8.45. The van der Waals surface area contributed by atoms with Crippen LogP contribution in [-0.2, 0) is 38.7 Å². The molecule has 0 bridgehead atoms. The van der Waals surface area contributed by atoms with Gasteiger partial charge in [-0.1, -0.05) is 154 Å². The molecular weight excluding hydrogens is 741 g/mol. The van der Waals surface area contributed by atoms with E-state index in [2.05, 4.69) is 38.2 Å². The fourth-order valence-electron chi connectivity index (χ4n) is 6.61. The molecule has 0 radical (unpaired) electrons. The second-order valence-corrected chi connectivity index (χ2v) is 16.9. The van der Waals surface area contributed by atoms with Crippen LogP contribution in [0.3, 0.4) is 0 Å². The number of hydrogen-bond donors (Lipinski definition) is 4. The van der Waals surface area contributed by atoms with Gasteiger partial charge >= 0.3 is 11.9 Å². The van der Waals surface area contributed by atoms with Crippen molar-refractivity contribution in [2.45, 2.75) is 218 Å². The largest absolute Gasteiger partial charge is 0.462 e. The Hall–Kier alpha value is -1.87. The van der Waals surface area contributed by atoms with E-state index in [9.17, 15) is 37.9 Å². The Bertz CT molecular complexity index is 1140. The average molecular weight is 819 g/mol. The van der Waals surface area contributed by atoms with Crippen LogP contribution >= 0.6 is 0 Å². The van der Waals surface area contributed by atoms with Crippen LogP contribution in [0, 0.1) is 0 Å². The first-order valence-electron chi connectivity index (χ1n) is 21.9. The van der Waals surface area contributed by atoms with Gasteiger partial charge in [0.1, 0.15) is 36.8 Å². The van der Waals surface area contributed by atoms with E-state index >= 15 is 0 Å². The summed E-state index contributed by atoms with van der Waals surface area (Å²) in [6.45, 7) is 3.72. The maximum absolute atomic E-state index is 12.8. The van der Waals surface area contributed by atoms with E-state index in [0.29, 0.717) is 12.8 Å². The molecule has 12 nitrogen and oxygen atoms in total. The number of allylic oxidation sites excluding steroid dienone is 4. The summed E-state index contributed by atoms with van der Waals surface area (Å²) in [7, 11) is -4.60. The van der Waals surface area contributed by atoms with Crippen LogP contribution in [0.4, 0.5) is 0 Å². The quantitative estimate of drug-likeness (QED) is 0.0205. The first-order chi connectivity index (χ1) is 27.0. The van der Waals surface area contributed by atoms with Crippen molar-refractivity contribution in [2.24, 2.45) is 0 Å². The number of hydrogen-bond acceptors (Lipinski definition) is 11. The van der Waals surface area contributed by atoms with Crippen LogP contribution in [-0.4, -0.2) is 96.0 Å². The molecule has 1 rings (SSSR count).